The number of hydrogen-bond acceptors (Lipinski definition) is 5. The molecule has 1 aromatic carbocycles. The maximum atomic E-state index is 14.1. The lowest BCUT2D eigenvalue weighted by molar-refractivity contribution is 0.252. The normalized spacial score (nSPS) is 13.4. The minimum absolute atomic E-state index is 0.209. The van der Waals surface area contributed by atoms with Gasteiger partial charge in [0.15, 0.2) is 17.1 Å². The Hall–Kier alpha value is -3.65. The molecule has 1 aliphatic carbocycles. The summed E-state index contributed by atoms with van der Waals surface area (Å²) in [6, 6.07) is 10.2. The van der Waals surface area contributed by atoms with Crippen LogP contribution in [0.25, 0.3) is 10.9 Å². The molecule has 1 saturated carbocycles. The molecule has 6 nitrogen and oxygen atoms in total. The van der Waals surface area contributed by atoms with Gasteiger partial charge >= 0.3 is 0 Å². The standard InChI is InChI=1S/C28H28F2N4O2/c1-36-27-12-20(8-10-32-27)16-33(11-3-5-19-4-2-9-31-15-19)17-21-18-34(22-6-7-22)26-14-25(30)24(29)13-23(26)28(21)35/h2,4,8-10,12-15,18,22H,3,5-7,11,16-17H2,1H3. The van der Waals surface area contributed by atoms with Gasteiger partial charge in [-0.3, -0.25) is 14.7 Å². The number of nitrogens with zero attached hydrogens (tertiary/aromatic N) is 4. The monoisotopic (exact) mass is 490 g/mol. The smallest absolute Gasteiger partial charge is 0.213 e. The first-order valence-corrected chi connectivity index (χ1v) is 12.1. The van der Waals surface area contributed by atoms with E-state index in [4.69, 9.17) is 4.74 Å². The second-order valence-corrected chi connectivity index (χ2v) is 9.29. The molecule has 0 bridgehead atoms. The quantitative estimate of drug-likeness (QED) is 0.311. The minimum Gasteiger partial charge on any atom is -0.481 e. The lowest BCUT2D eigenvalue weighted by Crippen LogP contribution is -2.28. The Labute approximate surface area is 208 Å². The predicted molar refractivity (Wildman–Crippen MR) is 134 cm³/mol. The van der Waals surface area contributed by atoms with Gasteiger partial charge in [0.1, 0.15) is 0 Å². The van der Waals surface area contributed by atoms with Gasteiger partial charge in [-0.15, -0.1) is 0 Å². The number of rotatable bonds is 10. The van der Waals surface area contributed by atoms with Crippen LogP contribution in [0.2, 0.25) is 0 Å². The van der Waals surface area contributed by atoms with Crippen molar-refractivity contribution < 1.29 is 13.5 Å². The zero-order chi connectivity index (χ0) is 25.1. The molecule has 0 N–H and O–H groups in total. The topological polar surface area (TPSA) is 60.2 Å². The highest BCUT2D eigenvalue weighted by molar-refractivity contribution is 5.80. The van der Waals surface area contributed by atoms with Gasteiger partial charge in [-0.25, -0.2) is 13.8 Å². The van der Waals surface area contributed by atoms with Crippen molar-refractivity contribution in [3.8, 4) is 5.88 Å². The van der Waals surface area contributed by atoms with E-state index >= 15 is 0 Å². The van der Waals surface area contributed by atoms with E-state index in [0.717, 1.165) is 55.5 Å². The number of benzene rings is 1. The third-order valence-corrected chi connectivity index (χ3v) is 6.56. The number of halogens is 2. The van der Waals surface area contributed by atoms with Gasteiger partial charge in [-0.2, -0.15) is 0 Å². The summed E-state index contributed by atoms with van der Waals surface area (Å²) in [5.41, 5.74) is 2.93. The van der Waals surface area contributed by atoms with Crippen molar-refractivity contribution in [1.29, 1.82) is 0 Å². The molecular formula is C28H28F2N4O2. The molecule has 4 aromatic rings. The fourth-order valence-electron chi connectivity index (χ4n) is 4.59. The maximum Gasteiger partial charge on any atom is 0.213 e. The molecule has 36 heavy (non-hydrogen) atoms. The highest BCUT2D eigenvalue weighted by Crippen LogP contribution is 2.37. The van der Waals surface area contributed by atoms with E-state index in [1.54, 1.807) is 19.5 Å². The second kappa shape index (κ2) is 10.5. The van der Waals surface area contributed by atoms with Crippen LogP contribution >= 0.6 is 0 Å². The van der Waals surface area contributed by atoms with Gasteiger partial charge in [0, 0.05) is 67.0 Å². The van der Waals surface area contributed by atoms with E-state index < -0.39 is 11.6 Å². The van der Waals surface area contributed by atoms with Crippen LogP contribution in [-0.4, -0.2) is 33.1 Å². The highest BCUT2D eigenvalue weighted by Gasteiger charge is 2.26. The summed E-state index contributed by atoms with van der Waals surface area (Å²) >= 11 is 0. The Morgan fingerprint density at radius 3 is 2.67 bits per heavy atom. The van der Waals surface area contributed by atoms with Gasteiger partial charge in [-0.1, -0.05) is 6.07 Å². The summed E-state index contributed by atoms with van der Waals surface area (Å²) in [4.78, 5) is 24.0. The Bertz CT molecular complexity index is 1420. The molecule has 0 saturated heterocycles. The summed E-state index contributed by atoms with van der Waals surface area (Å²) in [5.74, 6) is -1.41. The van der Waals surface area contributed by atoms with Crippen molar-refractivity contribution >= 4 is 10.9 Å². The number of ether oxygens (including phenoxy) is 1. The SMILES string of the molecule is COc1cc(CN(CCCc2cccnc2)Cc2cn(C3CC3)c3cc(F)c(F)cc3c2=O)ccn1. The van der Waals surface area contributed by atoms with Crippen LogP contribution in [0.15, 0.2) is 66.0 Å². The molecule has 0 amide bonds. The van der Waals surface area contributed by atoms with Gasteiger partial charge in [0.05, 0.1) is 12.6 Å². The lowest BCUT2D eigenvalue weighted by Gasteiger charge is -2.23. The first-order chi connectivity index (χ1) is 17.5. The van der Waals surface area contributed by atoms with Crippen molar-refractivity contribution in [2.45, 2.75) is 44.8 Å². The van der Waals surface area contributed by atoms with Gasteiger partial charge in [0.2, 0.25) is 5.88 Å². The lowest BCUT2D eigenvalue weighted by atomic mass is 10.1. The van der Waals surface area contributed by atoms with Crippen LogP contribution < -0.4 is 10.2 Å². The molecule has 0 spiro atoms. The third kappa shape index (κ3) is 5.44. The Morgan fingerprint density at radius 1 is 1.08 bits per heavy atom. The van der Waals surface area contributed by atoms with Crippen molar-refractivity contribution in [3.05, 3.63) is 99.7 Å². The summed E-state index contributed by atoms with van der Waals surface area (Å²) in [6.07, 6.45) is 10.8. The largest absolute Gasteiger partial charge is 0.481 e. The molecule has 3 heterocycles. The molecule has 186 valence electrons. The predicted octanol–water partition coefficient (Wildman–Crippen LogP) is 5.05. The first kappa shape index (κ1) is 24.1. The summed E-state index contributed by atoms with van der Waals surface area (Å²) in [5, 5.41) is 0.221. The number of fused-ring (bicyclic) bond motifs is 1. The molecule has 0 radical (unpaired) electrons. The summed E-state index contributed by atoms with van der Waals surface area (Å²) in [6.45, 7) is 1.71. The molecule has 5 rings (SSSR count). The number of pyridine rings is 3. The van der Waals surface area contributed by atoms with Crippen LogP contribution in [0.1, 0.15) is 42.0 Å². The Balaban J connectivity index is 1.45. The van der Waals surface area contributed by atoms with E-state index in [9.17, 15) is 13.6 Å². The summed E-state index contributed by atoms with van der Waals surface area (Å²) < 4.78 is 35.3. The van der Waals surface area contributed by atoms with E-state index in [1.807, 2.05) is 35.2 Å². The molecule has 0 unspecified atom stereocenters. The molecule has 0 atom stereocenters. The molecule has 1 aliphatic rings. The number of methoxy groups -OCH3 is 1. The van der Waals surface area contributed by atoms with Gasteiger partial charge < -0.3 is 9.30 Å². The number of aromatic nitrogens is 3. The van der Waals surface area contributed by atoms with E-state index in [-0.39, 0.29) is 16.9 Å². The minimum atomic E-state index is -1.00. The van der Waals surface area contributed by atoms with Crippen molar-refractivity contribution in [2.24, 2.45) is 0 Å². The first-order valence-electron chi connectivity index (χ1n) is 12.1. The van der Waals surface area contributed by atoms with E-state index in [0.29, 0.717) is 30.0 Å². The highest BCUT2D eigenvalue weighted by atomic mass is 19.2. The Kier molecular flexibility index (Phi) is 7.04. The van der Waals surface area contributed by atoms with Crippen molar-refractivity contribution in [1.82, 2.24) is 19.4 Å². The van der Waals surface area contributed by atoms with Crippen LogP contribution in [-0.2, 0) is 19.5 Å². The molecule has 8 heteroatoms. The third-order valence-electron chi connectivity index (χ3n) is 6.56. The van der Waals surface area contributed by atoms with E-state index in [1.165, 1.54) is 0 Å². The van der Waals surface area contributed by atoms with Gasteiger partial charge in [-0.05, 0) is 61.6 Å². The Morgan fingerprint density at radius 2 is 1.92 bits per heavy atom. The van der Waals surface area contributed by atoms with Crippen LogP contribution in [0.3, 0.4) is 0 Å². The van der Waals surface area contributed by atoms with Gasteiger partial charge in [0.25, 0.3) is 0 Å². The average Bonchev–Trinajstić information content (AvgIpc) is 3.73. The summed E-state index contributed by atoms with van der Waals surface area (Å²) in [7, 11) is 1.58. The molecule has 3 aromatic heterocycles. The van der Waals surface area contributed by atoms with Crippen molar-refractivity contribution in [3.63, 3.8) is 0 Å². The fourth-order valence-corrected chi connectivity index (χ4v) is 4.59. The zero-order valence-electron chi connectivity index (χ0n) is 20.2. The van der Waals surface area contributed by atoms with Crippen molar-refractivity contribution in [2.75, 3.05) is 13.7 Å². The van der Waals surface area contributed by atoms with Crippen LogP contribution in [0, 0.1) is 11.6 Å². The van der Waals surface area contributed by atoms with Crippen LogP contribution in [0.5, 0.6) is 5.88 Å². The fraction of sp³-hybridized carbons (Fsp3) is 0.321. The van der Waals surface area contributed by atoms with Crippen LogP contribution in [0.4, 0.5) is 8.78 Å². The number of aryl methyl sites for hydroxylation is 1. The molecule has 1 fully saturated rings. The van der Waals surface area contributed by atoms with E-state index in [2.05, 4.69) is 20.9 Å². The maximum absolute atomic E-state index is 14.1. The average molecular weight is 491 g/mol. The number of hydrogen-bond donors (Lipinski definition) is 0. The molecule has 0 aliphatic heterocycles. The zero-order valence-corrected chi connectivity index (χ0v) is 20.2. The molecular weight excluding hydrogens is 462 g/mol. The second-order valence-electron chi connectivity index (χ2n) is 9.29.